The van der Waals surface area contributed by atoms with E-state index < -0.39 is 10.0 Å². The van der Waals surface area contributed by atoms with Gasteiger partial charge in [0.1, 0.15) is 11.3 Å². The van der Waals surface area contributed by atoms with Gasteiger partial charge in [0.05, 0.1) is 11.5 Å². The van der Waals surface area contributed by atoms with Gasteiger partial charge >= 0.3 is 0 Å². The summed E-state index contributed by atoms with van der Waals surface area (Å²) in [6.45, 7) is 2.75. The first-order valence-corrected chi connectivity index (χ1v) is 8.68. The van der Waals surface area contributed by atoms with Crippen molar-refractivity contribution in [3.05, 3.63) is 29.3 Å². The summed E-state index contributed by atoms with van der Waals surface area (Å²) in [5, 5.41) is 7.46. The van der Waals surface area contributed by atoms with Crippen molar-refractivity contribution in [2.24, 2.45) is 5.73 Å². The third-order valence-electron chi connectivity index (χ3n) is 2.61. The minimum Gasteiger partial charge on any atom is -0.493 e. The maximum absolute atomic E-state index is 12.2. The molecule has 0 atom stereocenters. The lowest BCUT2D eigenvalue weighted by Gasteiger charge is -2.12. The molecule has 0 radical (unpaired) electrons. The fourth-order valence-electron chi connectivity index (χ4n) is 1.63. The van der Waals surface area contributed by atoms with E-state index in [0.717, 1.165) is 17.8 Å². The van der Waals surface area contributed by atoms with E-state index in [9.17, 15) is 8.42 Å². The first-order valence-electron chi connectivity index (χ1n) is 6.31. The zero-order valence-corrected chi connectivity index (χ0v) is 13.1. The van der Waals surface area contributed by atoms with Gasteiger partial charge in [0.15, 0.2) is 0 Å². The van der Waals surface area contributed by atoms with Crippen molar-refractivity contribution < 1.29 is 13.2 Å². The molecule has 0 fully saturated rings. The first kappa shape index (κ1) is 15.7. The van der Waals surface area contributed by atoms with Crippen LogP contribution in [0.2, 0.25) is 0 Å². The minimum atomic E-state index is -3.71. The fraction of sp³-hybridized carbons (Fsp3) is 0.333. The highest BCUT2D eigenvalue weighted by atomic mass is 32.2. The van der Waals surface area contributed by atoms with Gasteiger partial charge in [0, 0.05) is 12.1 Å². The molecule has 0 amide bonds. The summed E-state index contributed by atoms with van der Waals surface area (Å²) < 4.78 is 32.4. The molecule has 1 aromatic heterocycles. The summed E-state index contributed by atoms with van der Waals surface area (Å²) in [5.74, 6) is 0.606. The molecular formula is C12H16N4O3S2. The quantitative estimate of drug-likeness (QED) is 0.799. The summed E-state index contributed by atoms with van der Waals surface area (Å²) >= 11 is 1.11. The van der Waals surface area contributed by atoms with E-state index in [1.807, 2.05) is 6.92 Å². The van der Waals surface area contributed by atoms with E-state index in [1.165, 1.54) is 17.6 Å². The second-order valence-electron chi connectivity index (χ2n) is 4.17. The van der Waals surface area contributed by atoms with Crippen LogP contribution in [0, 0.1) is 0 Å². The Morgan fingerprint density at radius 3 is 2.86 bits per heavy atom. The molecule has 0 spiro atoms. The molecule has 3 N–H and O–H groups in total. The molecule has 9 heteroatoms. The van der Waals surface area contributed by atoms with Crippen LogP contribution in [0.3, 0.4) is 0 Å². The summed E-state index contributed by atoms with van der Waals surface area (Å²) in [6.07, 6.45) is 0.864. The number of hydrogen-bond acceptors (Lipinski definition) is 7. The van der Waals surface area contributed by atoms with Crippen LogP contribution in [0.1, 0.15) is 18.9 Å². The third-order valence-corrected chi connectivity index (χ3v) is 4.68. The maximum Gasteiger partial charge on any atom is 0.263 e. The van der Waals surface area contributed by atoms with E-state index in [2.05, 4.69) is 14.9 Å². The van der Waals surface area contributed by atoms with Crippen molar-refractivity contribution in [3.63, 3.8) is 0 Å². The van der Waals surface area contributed by atoms with E-state index >= 15 is 0 Å². The average molecular weight is 328 g/mol. The Morgan fingerprint density at radius 1 is 1.43 bits per heavy atom. The molecule has 21 heavy (non-hydrogen) atoms. The zero-order chi connectivity index (χ0) is 15.3. The Labute approximate surface area is 127 Å². The van der Waals surface area contributed by atoms with Crippen LogP contribution in [0.15, 0.2) is 28.6 Å². The highest BCUT2D eigenvalue weighted by Gasteiger charge is 2.17. The molecular weight excluding hydrogens is 312 g/mol. The zero-order valence-electron chi connectivity index (χ0n) is 11.4. The number of benzene rings is 1. The normalized spacial score (nSPS) is 11.3. The van der Waals surface area contributed by atoms with Crippen molar-refractivity contribution >= 4 is 26.5 Å². The van der Waals surface area contributed by atoms with Gasteiger partial charge in [0.25, 0.3) is 10.0 Å². The van der Waals surface area contributed by atoms with Gasteiger partial charge < -0.3 is 10.5 Å². The van der Waals surface area contributed by atoms with Crippen molar-refractivity contribution in [2.45, 2.75) is 24.8 Å². The van der Waals surface area contributed by atoms with Crippen LogP contribution in [-0.4, -0.2) is 25.2 Å². The van der Waals surface area contributed by atoms with Gasteiger partial charge in [-0.15, -0.1) is 10.2 Å². The Balaban J connectivity index is 2.27. The Hall–Kier alpha value is -1.71. The monoisotopic (exact) mass is 328 g/mol. The lowest BCUT2D eigenvalue weighted by Crippen LogP contribution is -2.14. The first-order chi connectivity index (χ1) is 10.1. The second kappa shape index (κ2) is 6.83. The lowest BCUT2D eigenvalue weighted by molar-refractivity contribution is 0.314. The summed E-state index contributed by atoms with van der Waals surface area (Å²) in [7, 11) is -3.71. The molecule has 7 nitrogen and oxygen atoms in total. The van der Waals surface area contributed by atoms with Crippen LogP contribution >= 0.6 is 11.3 Å². The summed E-state index contributed by atoms with van der Waals surface area (Å²) in [6, 6.07) is 4.61. The Kier molecular flexibility index (Phi) is 5.10. The Bertz CT molecular complexity index is 687. The third kappa shape index (κ3) is 3.90. The molecule has 0 bridgehead atoms. The molecule has 1 heterocycles. The fourth-order valence-corrected chi connectivity index (χ4v) is 3.37. The number of ether oxygens (including phenoxy) is 1. The van der Waals surface area contributed by atoms with Crippen molar-refractivity contribution in [1.29, 1.82) is 0 Å². The predicted molar refractivity (Wildman–Crippen MR) is 80.8 cm³/mol. The lowest BCUT2D eigenvalue weighted by atomic mass is 10.2. The predicted octanol–water partition coefficient (Wildman–Crippen LogP) is 1.59. The summed E-state index contributed by atoms with van der Waals surface area (Å²) in [4.78, 5) is 0.113. The molecule has 0 aliphatic carbocycles. The number of hydrogen-bond donors (Lipinski definition) is 2. The standard InChI is InChI=1S/C12H16N4O3S2/c1-2-5-19-11-4-3-10(6-9(11)7-13)21(17,18)16-12-15-14-8-20-12/h3-4,6,8H,2,5,7,13H2,1H3,(H,15,16). The second-order valence-corrected chi connectivity index (χ2v) is 6.69. The molecule has 114 valence electrons. The van der Waals surface area contributed by atoms with Gasteiger partial charge in [-0.2, -0.15) is 0 Å². The highest BCUT2D eigenvalue weighted by molar-refractivity contribution is 7.93. The van der Waals surface area contributed by atoms with Crippen molar-refractivity contribution in [3.8, 4) is 5.75 Å². The molecule has 1 aromatic carbocycles. The molecule has 0 unspecified atom stereocenters. The minimum absolute atomic E-state index is 0.113. The number of nitrogens with zero attached hydrogens (tertiary/aromatic N) is 2. The van der Waals surface area contributed by atoms with Crippen LogP contribution in [0.25, 0.3) is 0 Å². The van der Waals surface area contributed by atoms with Crippen LogP contribution in [0.5, 0.6) is 5.75 Å². The number of rotatable bonds is 7. The summed E-state index contributed by atoms with van der Waals surface area (Å²) in [5.41, 5.74) is 7.75. The highest BCUT2D eigenvalue weighted by Crippen LogP contribution is 2.24. The Morgan fingerprint density at radius 2 is 2.24 bits per heavy atom. The van der Waals surface area contributed by atoms with E-state index in [1.54, 1.807) is 6.07 Å². The number of aromatic nitrogens is 2. The van der Waals surface area contributed by atoms with Crippen LogP contribution in [-0.2, 0) is 16.6 Å². The topological polar surface area (TPSA) is 107 Å². The molecule has 0 aliphatic heterocycles. The number of nitrogens with two attached hydrogens (primary N) is 1. The van der Waals surface area contributed by atoms with Gasteiger partial charge in [-0.25, -0.2) is 8.42 Å². The van der Waals surface area contributed by atoms with E-state index in [0.29, 0.717) is 17.9 Å². The maximum atomic E-state index is 12.2. The molecule has 0 saturated carbocycles. The van der Waals surface area contributed by atoms with Crippen LogP contribution in [0.4, 0.5) is 5.13 Å². The molecule has 2 rings (SSSR count). The number of sulfonamides is 1. The van der Waals surface area contributed by atoms with Gasteiger partial charge in [-0.3, -0.25) is 4.72 Å². The van der Waals surface area contributed by atoms with Crippen molar-refractivity contribution in [1.82, 2.24) is 10.2 Å². The molecule has 0 saturated heterocycles. The number of anilines is 1. The smallest absolute Gasteiger partial charge is 0.263 e. The molecule has 2 aromatic rings. The van der Waals surface area contributed by atoms with E-state index in [4.69, 9.17) is 10.5 Å². The van der Waals surface area contributed by atoms with Gasteiger partial charge in [-0.05, 0) is 24.6 Å². The largest absolute Gasteiger partial charge is 0.493 e. The van der Waals surface area contributed by atoms with Crippen molar-refractivity contribution in [2.75, 3.05) is 11.3 Å². The SMILES string of the molecule is CCCOc1ccc(S(=O)(=O)Nc2nncs2)cc1CN. The van der Waals surface area contributed by atoms with E-state index in [-0.39, 0.29) is 16.6 Å². The average Bonchev–Trinajstić information content (AvgIpc) is 2.97. The molecule has 0 aliphatic rings. The van der Waals surface area contributed by atoms with Gasteiger partial charge in [0.2, 0.25) is 5.13 Å². The van der Waals surface area contributed by atoms with Crippen LogP contribution < -0.4 is 15.2 Å². The number of nitrogens with one attached hydrogen (secondary N) is 1. The van der Waals surface area contributed by atoms with Gasteiger partial charge in [-0.1, -0.05) is 18.3 Å².